The molecule has 0 N–H and O–H groups in total. The van der Waals surface area contributed by atoms with Gasteiger partial charge in [-0.3, -0.25) is 4.79 Å². The molecule has 2 aromatic rings. The molecule has 0 spiro atoms. The summed E-state index contributed by atoms with van der Waals surface area (Å²) in [5.74, 6) is -0.814. The first kappa shape index (κ1) is 22.0. The molecule has 1 aromatic heterocycles. The van der Waals surface area contributed by atoms with E-state index in [1.807, 2.05) is 24.3 Å². The number of benzene rings is 1. The van der Waals surface area contributed by atoms with Gasteiger partial charge in [-0.15, -0.1) is 11.3 Å². The minimum absolute atomic E-state index is 0.000690. The number of esters is 1. The molecule has 2 heterocycles. The van der Waals surface area contributed by atoms with Crippen molar-refractivity contribution in [3.05, 3.63) is 35.3 Å². The number of hydrogen-bond donors (Lipinski definition) is 0. The molecule has 166 valence electrons. The van der Waals surface area contributed by atoms with Crippen molar-refractivity contribution in [3.63, 3.8) is 0 Å². The Labute approximate surface area is 186 Å². The van der Waals surface area contributed by atoms with Crippen LogP contribution in [0, 0.1) is 0 Å². The number of ether oxygens (including phenoxy) is 1. The summed E-state index contributed by atoms with van der Waals surface area (Å²) >= 11 is 1.47. The van der Waals surface area contributed by atoms with Crippen molar-refractivity contribution in [1.82, 2.24) is 9.88 Å². The summed E-state index contributed by atoms with van der Waals surface area (Å²) in [4.78, 5) is 31.2. The highest BCUT2D eigenvalue weighted by atomic mass is 32.2. The lowest BCUT2D eigenvalue weighted by molar-refractivity contribution is -0.151. The van der Waals surface area contributed by atoms with E-state index in [-0.39, 0.29) is 36.1 Å². The van der Waals surface area contributed by atoms with E-state index in [2.05, 4.69) is 4.98 Å². The molecule has 1 aliphatic heterocycles. The fourth-order valence-corrected chi connectivity index (χ4v) is 7.00. The Balaban J connectivity index is 1.37. The third kappa shape index (κ3) is 5.51. The molecule has 0 radical (unpaired) electrons. The predicted molar refractivity (Wildman–Crippen MR) is 120 cm³/mol. The number of thiazole rings is 1. The second kappa shape index (κ2) is 9.48. The van der Waals surface area contributed by atoms with Crippen molar-refractivity contribution in [3.8, 4) is 0 Å². The van der Waals surface area contributed by atoms with E-state index in [1.54, 1.807) is 11.0 Å². The molecule has 0 unspecified atom stereocenters. The van der Waals surface area contributed by atoms with Gasteiger partial charge in [-0.1, -0.05) is 31.4 Å². The number of para-hydroxylation sites is 1. The molecular weight excluding hydrogens is 436 g/mol. The van der Waals surface area contributed by atoms with Gasteiger partial charge in [0.15, 0.2) is 16.4 Å². The quantitative estimate of drug-likeness (QED) is 0.483. The van der Waals surface area contributed by atoms with Gasteiger partial charge in [0.05, 0.1) is 21.7 Å². The predicted octanol–water partition coefficient (Wildman–Crippen LogP) is 3.20. The SMILES string of the molecule is O=C(/C=C/c1nc2ccccc2s1)OCC(=O)N(C1CCCCC1)[C@H]1CCS(=O)(=O)C1. The van der Waals surface area contributed by atoms with E-state index >= 15 is 0 Å². The van der Waals surface area contributed by atoms with Gasteiger partial charge in [0.25, 0.3) is 5.91 Å². The van der Waals surface area contributed by atoms with E-state index in [1.165, 1.54) is 17.4 Å². The monoisotopic (exact) mass is 462 g/mol. The second-order valence-corrected chi connectivity index (χ2v) is 11.4. The third-order valence-corrected chi connectivity index (χ3v) is 8.62. The van der Waals surface area contributed by atoms with Crippen LogP contribution in [0.2, 0.25) is 0 Å². The van der Waals surface area contributed by atoms with Gasteiger partial charge in [0.1, 0.15) is 5.01 Å². The lowest BCUT2D eigenvalue weighted by Gasteiger charge is -2.38. The van der Waals surface area contributed by atoms with Crippen molar-refractivity contribution in [2.75, 3.05) is 18.1 Å². The topological polar surface area (TPSA) is 93.6 Å². The van der Waals surface area contributed by atoms with Crippen LogP contribution in [0.4, 0.5) is 0 Å². The highest BCUT2D eigenvalue weighted by Gasteiger charge is 2.38. The number of hydrogen-bond acceptors (Lipinski definition) is 7. The van der Waals surface area contributed by atoms with E-state index in [0.717, 1.165) is 42.3 Å². The number of sulfone groups is 1. The average Bonchev–Trinajstić information content (AvgIpc) is 3.34. The zero-order chi connectivity index (χ0) is 21.8. The third-order valence-electron chi connectivity index (χ3n) is 5.87. The summed E-state index contributed by atoms with van der Waals surface area (Å²) < 4.78 is 30.1. The summed E-state index contributed by atoms with van der Waals surface area (Å²) in [6.07, 6.45) is 8.23. The van der Waals surface area contributed by atoms with Crippen LogP contribution in [0.3, 0.4) is 0 Å². The smallest absolute Gasteiger partial charge is 0.331 e. The Morgan fingerprint density at radius 3 is 2.61 bits per heavy atom. The Hall–Kier alpha value is -2.26. The van der Waals surface area contributed by atoms with Crippen molar-refractivity contribution in [2.45, 2.75) is 50.6 Å². The van der Waals surface area contributed by atoms with E-state index in [0.29, 0.717) is 11.4 Å². The normalized spacial score (nSPS) is 21.5. The molecule has 0 bridgehead atoms. The Morgan fingerprint density at radius 1 is 1.13 bits per heavy atom. The molecule has 1 aliphatic carbocycles. The van der Waals surface area contributed by atoms with E-state index in [4.69, 9.17) is 4.74 Å². The maximum atomic E-state index is 13.0. The molecule has 9 heteroatoms. The van der Waals surface area contributed by atoms with Crippen LogP contribution in [0.25, 0.3) is 16.3 Å². The Bertz CT molecular complexity index is 1050. The van der Waals surface area contributed by atoms with Crippen molar-refractivity contribution in [2.24, 2.45) is 0 Å². The van der Waals surface area contributed by atoms with Gasteiger partial charge < -0.3 is 9.64 Å². The Kier molecular flexibility index (Phi) is 6.71. The number of fused-ring (bicyclic) bond motifs is 1. The first-order chi connectivity index (χ1) is 14.9. The highest BCUT2D eigenvalue weighted by molar-refractivity contribution is 7.91. The molecule has 1 saturated carbocycles. The molecule has 2 aliphatic rings. The molecule has 2 fully saturated rings. The number of rotatable bonds is 6. The number of carbonyl (C=O) groups is 2. The molecule has 4 rings (SSSR count). The molecule has 7 nitrogen and oxygen atoms in total. The molecular formula is C22H26N2O5S2. The summed E-state index contributed by atoms with van der Waals surface area (Å²) in [5, 5.41) is 0.685. The summed E-state index contributed by atoms with van der Waals surface area (Å²) in [7, 11) is -3.11. The number of amides is 1. The molecule has 1 amide bonds. The van der Waals surface area contributed by atoms with Gasteiger partial charge >= 0.3 is 5.97 Å². The van der Waals surface area contributed by atoms with Crippen LogP contribution < -0.4 is 0 Å². The van der Waals surface area contributed by atoms with Gasteiger partial charge in [0, 0.05) is 18.2 Å². The second-order valence-electron chi connectivity index (χ2n) is 8.11. The molecule has 1 aromatic carbocycles. The summed E-state index contributed by atoms with van der Waals surface area (Å²) in [6.45, 7) is -0.379. The first-order valence-corrected chi connectivity index (χ1v) is 13.3. The first-order valence-electron chi connectivity index (χ1n) is 10.6. The van der Waals surface area contributed by atoms with Crippen LogP contribution in [0.1, 0.15) is 43.5 Å². The minimum atomic E-state index is -3.11. The van der Waals surface area contributed by atoms with Crippen molar-refractivity contribution < 1.29 is 22.7 Å². The summed E-state index contributed by atoms with van der Waals surface area (Å²) in [6, 6.07) is 7.41. The van der Waals surface area contributed by atoms with Crippen LogP contribution in [-0.2, 0) is 24.2 Å². The van der Waals surface area contributed by atoms with Crippen LogP contribution >= 0.6 is 11.3 Å². The summed E-state index contributed by atoms with van der Waals surface area (Å²) in [5.41, 5.74) is 0.866. The van der Waals surface area contributed by atoms with Gasteiger partial charge in [-0.2, -0.15) is 0 Å². The van der Waals surface area contributed by atoms with Crippen LogP contribution in [0.5, 0.6) is 0 Å². The number of carbonyl (C=O) groups excluding carboxylic acids is 2. The zero-order valence-corrected chi connectivity index (χ0v) is 18.9. The van der Waals surface area contributed by atoms with E-state index in [9.17, 15) is 18.0 Å². The maximum Gasteiger partial charge on any atom is 0.331 e. The molecule has 1 saturated heterocycles. The lowest BCUT2D eigenvalue weighted by Crippen LogP contribution is -2.50. The van der Waals surface area contributed by atoms with Crippen molar-refractivity contribution in [1.29, 1.82) is 0 Å². The fraction of sp³-hybridized carbons (Fsp3) is 0.500. The molecule has 31 heavy (non-hydrogen) atoms. The Morgan fingerprint density at radius 2 is 1.90 bits per heavy atom. The lowest BCUT2D eigenvalue weighted by atomic mass is 9.93. The van der Waals surface area contributed by atoms with Gasteiger partial charge in [-0.25, -0.2) is 18.2 Å². The van der Waals surface area contributed by atoms with Crippen molar-refractivity contribution >= 4 is 49.3 Å². The number of nitrogens with zero attached hydrogens (tertiary/aromatic N) is 2. The number of aromatic nitrogens is 1. The molecule has 1 atom stereocenters. The fourth-order valence-electron chi connectivity index (χ4n) is 4.42. The standard InChI is InChI=1S/C22H26N2O5S2/c25-21(24(16-6-2-1-3-7-16)17-12-13-31(27,28)15-17)14-29-22(26)11-10-20-23-18-8-4-5-9-19(18)30-20/h4-5,8-11,16-17H,1-3,6-7,12-15H2/b11-10+/t17-/m0/s1. The largest absolute Gasteiger partial charge is 0.452 e. The van der Waals surface area contributed by atoms with Crippen LogP contribution in [0.15, 0.2) is 30.3 Å². The highest BCUT2D eigenvalue weighted by Crippen LogP contribution is 2.28. The maximum absolute atomic E-state index is 13.0. The minimum Gasteiger partial charge on any atom is -0.452 e. The average molecular weight is 463 g/mol. The van der Waals surface area contributed by atoms with Gasteiger partial charge in [-0.05, 0) is 37.5 Å². The van der Waals surface area contributed by atoms with E-state index < -0.39 is 15.8 Å². The van der Waals surface area contributed by atoms with Crippen LogP contribution in [-0.4, -0.2) is 60.4 Å². The zero-order valence-electron chi connectivity index (χ0n) is 17.2. The van der Waals surface area contributed by atoms with Gasteiger partial charge in [0.2, 0.25) is 0 Å².